The van der Waals surface area contributed by atoms with E-state index >= 15 is 0 Å². The van der Waals surface area contributed by atoms with Gasteiger partial charge in [-0.1, -0.05) is 17.7 Å². The van der Waals surface area contributed by atoms with Crippen LogP contribution in [0, 0.1) is 6.92 Å². The van der Waals surface area contributed by atoms with Crippen LogP contribution in [0.25, 0.3) is 0 Å². The van der Waals surface area contributed by atoms with Crippen LogP contribution in [0.3, 0.4) is 0 Å². The molecule has 0 radical (unpaired) electrons. The smallest absolute Gasteiger partial charge is 0.317 e. The summed E-state index contributed by atoms with van der Waals surface area (Å²) in [5.41, 5.74) is 2.00. The number of carbonyl (C=O) groups excluding carboxylic acids is 1. The number of aromatic nitrogens is 2. The number of hydrogen-bond acceptors (Lipinski definition) is 5. The summed E-state index contributed by atoms with van der Waals surface area (Å²) in [6.07, 6.45) is 3.95. The maximum Gasteiger partial charge on any atom is 0.317 e. The molecule has 2 atom stereocenters. The van der Waals surface area contributed by atoms with Gasteiger partial charge >= 0.3 is 5.97 Å². The Hall–Kier alpha value is -2.14. The summed E-state index contributed by atoms with van der Waals surface area (Å²) < 4.78 is 10.5. The van der Waals surface area contributed by atoms with Crippen LogP contribution < -0.4 is 4.74 Å². The Balaban J connectivity index is 2.09. The minimum absolute atomic E-state index is 0.0529. The molecule has 1 aromatic carbocycles. The van der Waals surface area contributed by atoms with E-state index in [1.54, 1.807) is 19.5 Å². The first-order chi connectivity index (χ1) is 11.0. The van der Waals surface area contributed by atoms with Gasteiger partial charge in [0.1, 0.15) is 11.2 Å². The highest BCUT2D eigenvalue weighted by Crippen LogP contribution is 2.62. The van der Waals surface area contributed by atoms with E-state index in [1.165, 1.54) is 7.11 Å². The highest BCUT2D eigenvalue weighted by atomic mass is 35.5. The number of aryl methyl sites for hydroxylation is 1. The van der Waals surface area contributed by atoms with Crippen molar-refractivity contribution in [1.29, 1.82) is 0 Å². The Labute approximate surface area is 139 Å². The van der Waals surface area contributed by atoms with Crippen LogP contribution in [-0.2, 0) is 14.9 Å². The molecular weight excluding hydrogens is 316 g/mol. The lowest BCUT2D eigenvalue weighted by molar-refractivity contribution is -0.143. The molecule has 1 heterocycles. The van der Waals surface area contributed by atoms with Gasteiger partial charge in [0.15, 0.2) is 0 Å². The first-order valence-corrected chi connectivity index (χ1v) is 7.61. The summed E-state index contributed by atoms with van der Waals surface area (Å²) in [4.78, 5) is 20.6. The second kappa shape index (κ2) is 5.81. The molecule has 5 nitrogen and oxygen atoms in total. The second-order valence-electron chi connectivity index (χ2n) is 5.71. The number of ether oxygens (including phenoxy) is 2. The van der Waals surface area contributed by atoms with Gasteiger partial charge in [0.05, 0.1) is 14.2 Å². The number of methoxy groups -OCH3 is 2. The van der Waals surface area contributed by atoms with Gasteiger partial charge in [0.2, 0.25) is 5.28 Å². The molecule has 1 aliphatic rings. The lowest BCUT2D eigenvalue weighted by Gasteiger charge is -2.19. The molecule has 1 aliphatic carbocycles. The Bertz CT molecular complexity index is 748. The minimum atomic E-state index is -0.761. The van der Waals surface area contributed by atoms with E-state index in [2.05, 4.69) is 9.97 Å². The SMILES string of the molecule is COC(=O)[C@]1(c2cc(C)ccc2OC)C[C@H]1c1cnc(Cl)nc1. The van der Waals surface area contributed by atoms with Crippen LogP contribution in [0.2, 0.25) is 5.28 Å². The molecule has 0 bridgehead atoms. The highest BCUT2D eigenvalue weighted by molar-refractivity contribution is 6.28. The van der Waals surface area contributed by atoms with Crippen molar-refractivity contribution in [3.8, 4) is 5.75 Å². The Morgan fingerprint density at radius 3 is 2.61 bits per heavy atom. The summed E-state index contributed by atoms with van der Waals surface area (Å²) in [5.74, 6) is 0.350. The second-order valence-corrected chi connectivity index (χ2v) is 6.05. The molecule has 3 rings (SSSR count). The number of esters is 1. The van der Waals surface area contributed by atoms with E-state index in [1.807, 2.05) is 25.1 Å². The molecule has 0 spiro atoms. The largest absolute Gasteiger partial charge is 0.496 e. The van der Waals surface area contributed by atoms with E-state index in [0.717, 1.165) is 16.7 Å². The van der Waals surface area contributed by atoms with Crippen molar-refractivity contribution in [1.82, 2.24) is 9.97 Å². The molecule has 120 valence electrons. The fourth-order valence-electron chi connectivity index (χ4n) is 3.15. The zero-order chi connectivity index (χ0) is 16.6. The summed E-state index contributed by atoms with van der Waals surface area (Å²) in [7, 11) is 3.00. The number of nitrogens with zero attached hydrogens (tertiary/aromatic N) is 2. The van der Waals surface area contributed by atoms with Crippen molar-refractivity contribution in [3.05, 3.63) is 52.6 Å². The molecule has 23 heavy (non-hydrogen) atoms. The lowest BCUT2D eigenvalue weighted by Crippen LogP contribution is -2.25. The van der Waals surface area contributed by atoms with Crippen LogP contribution >= 0.6 is 11.6 Å². The Kier molecular flexibility index (Phi) is 3.98. The van der Waals surface area contributed by atoms with Gasteiger partial charge in [-0.2, -0.15) is 0 Å². The summed E-state index contributed by atoms with van der Waals surface area (Å²) in [6.45, 7) is 1.98. The van der Waals surface area contributed by atoms with Gasteiger partial charge in [-0.15, -0.1) is 0 Å². The van der Waals surface area contributed by atoms with Gasteiger partial charge in [-0.25, -0.2) is 9.97 Å². The van der Waals surface area contributed by atoms with E-state index in [-0.39, 0.29) is 17.2 Å². The number of hydrogen-bond donors (Lipinski definition) is 0. The summed E-state index contributed by atoms with van der Waals surface area (Å²) >= 11 is 5.75. The highest BCUT2D eigenvalue weighted by Gasteiger charge is 2.64. The quantitative estimate of drug-likeness (QED) is 0.636. The maximum absolute atomic E-state index is 12.6. The minimum Gasteiger partial charge on any atom is -0.496 e. The van der Waals surface area contributed by atoms with Crippen molar-refractivity contribution in [2.75, 3.05) is 14.2 Å². The van der Waals surface area contributed by atoms with Gasteiger partial charge < -0.3 is 9.47 Å². The van der Waals surface area contributed by atoms with Gasteiger partial charge in [-0.3, -0.25) is 4.79 Å². The molecule has 0 unspecified atom stereocenters. The zero-order valence-corrected chi connectivity index (χ0v) is 13.9. The van der Waals surface area contributed by atoms with E-state index in [4.69, 9.17) is 21.1 Å². The fourth-order valence-corrected chi connectivity index (χ4v) is 3.25. The molecule has 1 fully saturated rings. The van der Waals surface area contributed by atoms with Crippen LogP contribution in [0.15, 0.2) is 30.6 Å². The molecular formula is C17H17ClN2O3. The normalized spacial score (nSPS) is 22.5. The van der Waals surface area contributed by atoms with E-state index in [9.17, 15) is 4.79 Å². The molecule has 1 saturated carbocycles. The standard InChI is InChI=1S/C17H17ClN2O3/c1-10-4-5-14(22-2)12(6-10)17(15(21)23-3)7-13(17)11-8-19-16(18)20-9-11/h4-6,8-9,13H,7H2,1-3H3/t13-,17-/m0/s1. The van der Waals surface area contributed by atoms with Crippen molar-refractivity contribution in [2.24, 2.45) is 0 Å². The first-order valence-electron chi connectivity index (χ1n) is 7.24. The molecule has 0 N–H and O–H groups in total. The van der Waals surface area contributed by atoms with Crippen LogP contribution in [0.4, 0.5) is 0 Å². The predicted molar refractivity (Wildman–Crippen MR) is 85.8 cm³/mol. The average molecular weight is 333 g/mol. The molecule has 1 aromatic heterocycles. The van der Waals surface area contributed by atoms with Crippen molar-refractivity contribution >= 4 is 17.6 Å². The maximum atomic E-state index is 12.6. The van der Waals surface area contributed by atoms with Crippen molar-refractivity contribution in [3.63, 3.8) is 0 Å². The van der Waals surface area contributed by atoms with Gasteiger partial charge in [-0.05, 0) is 36.6 Å². The summed E-state index contributed by atoms with van der Waals surface area (Å²) in [6, 6.07) is 5.81. The number of rotatable bonds is 4. The monoisotopic (exact) mass is 332 g/mol. The van der Waals surface area contributed by atoms with E-state index < -0.39 is 5.41 Å². The van der Waals surface area contributed by atoms with Crippen LogP contribution in [0.1, 0.15) is 29.0 Å². The van der Waals surface area contributed by atoms with E-state index in [0.29, 0.717) is 12.2 Å². The zero-order valence-electron chi connectivity index (χ0n) is 13.2. The summed E-state index contributed by atoms with van der Waals surface area (Å²) in [5, 5.41) is 0.186. The topological polar surface area (TPSA) is 61.3 Å². The first kappa shape index (κ1) is 15.7. The third kappa shape index (κ3) is 2.55. The molecule has 2 aromatic rings. The van der Waals surface area contributed by atoms with Crippen LogP contribution in [-0.4, -0.2) is 30.2 Å². The molecule has 6 heteroatoms. The fraction of sp³-hybridized carbons (Fsp3) is 0.353. The lowest BCUT2D eigenvalue weighted by atomic mass is 9.89. The van der Waals surface area contributed by atoms with Crippen molar-refractivity contribution < 1.29 is 14.3 Å². The Morgan fingerprint density at radius 2 is 2.00 bits per heavy atom. The number of halogens is 1. The average Bonchev–Trinajstić information content (AvgIpc) is 3.31. The molecule has 0 amide bonds. The number of benzene rings is 1. The third-order valence-corrected chi connectivity index (χ3v) is 4.58. The predicted octanol–water partition coefficient (Wildman–Crippen LogP) is 3.05. The van der Waals surface area contributed by atoms with Gasteiger partial charge in [0, 0.05) is 23.9 Å². The Morgan fingerprint density at radius 1 is 1.30 bits per heavy atom. The molecule has 0 aliphatic heterocycles. The van der Waals surface area contributed by atoms with Crippen molar-refractivity contribution in [2.45, 2.75) is 24.7 Å². The van der Waals surface area contributed by atoms with Crippen LogP contribution in [0.5, 0.6) is 5.75 Å². The third-order valence-electron chi connectivity index (χ3n) is 4.39. The molecule has 0 saturated heterocycles. The van der Waals surface area contributed by atoms with Gasteiger partial charge in [0.25, 0.3) is 0 Å². The number of carbonyl (C=O) groups is 1.